The summed E-state index contributed by atoms with van der Waals surface area (Å²) in [7, 11) is 0. The Labute approximate surface area is 116 Å². The number of carbonyl (C=O) groups is 1. The third-order valence-electron chi connectivity index (χ3n) is 3.19. The number of nitrogen functional groups attached to an aromatic ring is 1. The first-order chi connectivity index (χ1) is 9.02. The Balaban J connectivity index is 2.22. The molecule has 0 saturated carbocycles. The lowest BCUT2D eigenvalue weighted by atomic mass is 10.1. The molecular formula is C13H17ClN2O3. The fourth-order valence-electron chi connectivity index (χ4n) is 2.07. The van der Waals surface area contributed by atoms with E-state index in [9.17, 15) is 4.79 Å². The molecule has 1 aromatic carbocycles. The summed E-state index contributed by atoms with van der Waals surface area (Å²) in [5.41, 5.74) is 6.55. The molecule has 2 unspecified atom stereocenters. The van der Waals surface area contributed by atoms with Crippen molar-refractivity contribution in [3.8, 4) is 0 Å². The molecule has 6 heteroatoms. The number of rotatable bonds is 2. The molecule has 1 aliphatic rings. The number of ether oxygens (including phenoxy) is 1. The van der Waals surface area contributed by atoms with Gasteiger partial charge in [0.2, 0.25) is 0 Å². The van der Waals surface area contributed by atoms with Gasteiger partial charge in [-0.3, -0.25) is 4.79 Å². The van der Waals surface area contributed by atoms with Gasteiger partial charge in [0.05, 0.1) is 35.9 Å². The van der Waals surface area contributed by atoms with Crippen LogP contribution < -0.4 is 5.73 Å². The second kappa shape index (κ2) is 5.77. The van der Waals surface area contributed by atoms with Crippen LogP contribution in [-0.4, -0.2) is 47.8 Å². The molecular weight excluding hydrogens is 268 g/mol. The van der Waals surface area contributed by atoms with Crippen molar-refractivity contribution in [1.29, 1.82) is 0 Å². The van der Waals surface area contributed by atoms with Crippen LogP contribution in [0.1, 0.15) is 17.3 Å². The fraction of sp³-hybridized carbons (Fsp3) is 0.462. The molecule has 1 heterocycles. The van der Waals surface area contributed by atoms with Crippen LogP contribution in [0.25, 0.3) is 0 Å². The number of aliphatic hydroxyl groups excluding tert-OH is 1. The van der Waals surface area contributed by atoms with Crippen LogP contribution in [0.4, 0.5) is 5.69 Å². The standard InChI is InChI=1S/C13H17ClN2O3/c1-8-7-19-10(6-17)5-16(8)13(18)11-3-2-9(15)4-12(11)14/h2-4,8,10,17H,5-7,15H2,1H3. The molecule has 0 spiro atoms. The summed E-state index contributed by atoms with van der Waals surface area (Å²) in [5, 5.41) is 9.47. The summed E-state index contributed by atoms with van der Waals surface area (Å²) >= 11 is 6.05. The minimum Gasteiger partial charge on any atom is -0.399 e. The van der Waals surface area contributed by atoms with Crippen LogP contribution in [0.3, 0.4) is 0 Å². The third kappa shape index (κ3) is 3.00. The molecule has 1 amide bonds. The van der Waals surface area contributed by atoms with Gasteiger partial charge in [0.25, 0.3) is 5.91 Å². The number of aliphatic hydroxyl groups is 1. The number of halogens is 1. The highest BCUT2D eigenvalue weighted by Gasteiger charge is 2.30. The minimum absolute atomic E-state index is 0.0519. The number of benzene rings is 1. The molecule has 1 saturated heterocycles. The summed E-state index contributed by atoms with van der Waals surface area (Å²) in [6.07, 6.45) is -0.340. The summed E-state index contributed by atoms with van der Waals surface area (Å²) in [6.45, 7) is 2.56. The van der Waals surface area contributed by atoms with Crippen molar-refractivity contribution in [1.82, 2.24) is 4.90 Å². The molecule has 0 bridgehead atoms. The highest BCUT2D eigenvalue weighted by atomic mass is 35.5. The Morgan fingerprint density at radius 2 is 2.37 bits per heavy atom. The third-order valence-corrected chi connectivity index (χ3v) is 3.51. The zero-order chi connectivity index (χ0) is 14.0. The molecule has 2 atom stereocenters. The van der Waals surface area contributed by atoms with Gasteiger partial charge in [-0.05, 0) is 25.1 Å². The predicted octanol–water partition coefficient (Wildman–Crippen LogP) is 1.14. The number of carbonyl (C=O) groups excluding carboxylic acids is 1. The van der Waals surface area contributed by atoms with E-state index >= 15 is 0 Å². The fourth-order valence-corrected chi connectivity index (χ4v) is 2.34. The largest absolute Gasteiger partial charge is 0.399 e. The number of nitrogens with two attached hydrogens (primary N) is 1. The van der Waals surface area contributed by atoms with Gasteiger partial charge in [0.1, 0.15) is 0 Å². The summed E-state index contributed by atoms with van der Waals surface area (Å²) in [5.74, 6) is -0.167. The van der Waals surface area contributed by atoms with E-state index in [0.29, 0.717) is 29.4 Å². The van der Waals surface area contributed by atoms with Crippen molar-refractivity contribution in [2.24, 2.45) is 0 Å². The van der Waals surface area contributed by atoms with Crippen LogP contribution in [-0.2, 0) is 4.74 Å². The average Bonchev–Trinajstić information content (AvgIpc) is 2.38. The second-order valence-corrected chi connectivity index (χ2v) is 5.09. The molecule has 19 heavy (non-hydrogen) atoms. The summed E-state index contributed by atoms with van der Waals surface area (Å²) in [4.78, 5) is 14.1. The summed E-state index contributed by atoms with van der Waals surface area (Å²) < 4.78 is 5.41. The Bertz CT molecular complexity index is 481. The molecule has 104 valence electrons. The minimum atomic E-state index is -0.340. The average molecular weight is 285 g/mol. The van der Waals surface area contributed by atoms with Crippen LogP contribution >= 0.6 is 11.6 Å². The van der Waals surface area contributed by atoms with E-state index in [2.05, 4.69) is 0 Å². The van der Waals surface area contributed by atoms with Gasteiger partial charge >= 0.3 is 0 Å². The van der Waals surface area contributed by atoms with Gasteiger partial charge in [0.15, 0.2) is 0 Å². The Kier molecular flexibility index (Phi) is 4.29. The maximum absolute atomic E-state index is 12.5. The van der Waals surface area contributed by atoms with Gasteiger partial charge in [0, 0.05) is 12.2 Å². The molecule has 0 aromatic heterocycles. The first-order valence-electron chi connectivity index (χ1n) is 6.11. The van der Waals surface area contributed by atoms with Crippen molar-refractivity contribution < 1.29 is 14.6 Å². The predicted molar refractivity (Wildman–Crippen MR) is 73.2 cm³/mol. The van der Waals surface area contributed by atoms with Crippen LogP contribution in [0.2, 0.25) is 5.02 Å². The van der Waals surface area contributed by atoms with Gasteiger partial charge in [-0.15, -0.1) is 0 Å². The molecule has 1 aromatic rings. The normalized spacial score (nSPS) is 23.4. The Hall–Kier alpha value is -1.30. The molecule has 0 aliphatic carbocycles. The number of anilines is 1. The monoisotopic (exact) mass is 284 g/mol. The van der Waals surface area contributed by atoms with E-state index in [1.807, 2.05) is 6.92 Å². The van der Waals surface area contributed by atoms with Gasteiger partial charge in [-0.1, -0.05) is 11.6 Å². The maximum atomic E-state index is 12.5. The van der Waals surface area contributed by atoms with Crippen molar-refractivity contribution in [3.05, 3.63) is 28.8 Å². The van der Waals surface area contributed by atoms with Crippen molar-refractivity contribution in [2.45, 2.75) is 19.1 Å². The quantitative estimate of drug-likeness (QED) is 0.799. The van der Waals surface area contributed by atoms with Crippen molar-refractivity contribution in [2.75, 3.05) is 25.5 Å². The first-order valence-corrected chi connectivity index (χ1v) is 6.49. The van der Waals surface area contributed by atoms with Crippen LogP contribution in [0.15, 0.2) is 18.2 Å². The number of hydrogen-bond donors (Lipinski definition) is 2. The van der Waals surface area contributed by atoms with E-state index < -0.39 is 0 Å². The number of amides is 1. The number of nitrogens with zero attached hydrogens (tertiary/aromatic N) is 1. The molecule has 0 radical (unpaired) electrons. The van der Waals surface area contributed by atoms with Gasteiger partial charge < -0.3 is 20.5 Å². The molecule has 5 nitrogen and oxygen atoms in total. The van der Waals surface area contributed by atoms with E-state index in [0.717, 1.165) is 0 Å². The van der Waals surface area contributed by atoms with E-state index in [-0.39, 0.29) is 24.7 Å². The zero-order valence-corrected chi connectivity index (χ0v) is 11.4. The lowest BCUT2D eigenvalue weighted by molar-refractivity contribution is -0.0667. The molecule has 2 rings (SSSR count). The zero-order valence-electron chi connectivity index (χ0n) is 10.7. The highest BCUT2D eigenvalue weighted by Crippen LogP contribution is 2.23. The van der Waals surface area contributed by atoms with Crippen LogP contribution in [0.5, 0.6) is 0 Å². The number of morpholine rings is 1. The van der Waals surface area contributed by atoms with Crippen molar-refractivity contribution in [3.63, 3.8) is 0 Å². The van der Waals surface area contributed by atoms with E-state index in [1.54, 1.807) is 23.1 Å². The molecule has 1 fully saturated rings. The van der Waals surface area contributed by atoms with Crippen LogP contribution in [0, 0.1) is 0 Å². The van der Waals surface area contributed by atoms with E-state index in [4.69, 9.17) is 27.2 Å². The van der Waals surface area contributed by atoms with Gasteiger partial charge in [-0.2, -0.15) is 0 Å². The molecule has 3 N–H and O–H groups in total. The smallest absolute Gasteiger partial charge is 0.255 e. The first kappa shape index (κ1) is 14.1. The van der Waals surface area contributed by atoms with Crippen molar-refractivity contribution >= 4 is 23.2 Å². The second-order valence-electron chi connectivity index (χ2n) is 4.68. The number of hydrogen-bond acceptors (Lipinski definition) is 4. The van der Waals surface area contributed by atoms with E-state index in [1.165, 1.54) is 0 Å². The molecule has 1 aliphatic heterocycles. The highest BCUT2D eigenvalue weighted by molar-refractivity contribution is 6.34. The summed E-state index contributed by atoms with van der Waals surface area (Å²) in [6, 6.07) is 4.77. The Morgan fingerprint density at radius 3 is 3.00 bits per heavy atom. The van der Waals surface area contributed by atoms with Gasteiger partial charge in [-0.25, -0.2) is 0 Å². The Morgan fingerprint density at radius 1 is 1.63 bits per heavy atom. The topological polar surface area (TPSA) is 75.8 Å². The SMILES string of the molecule is CC1COC(CO)CN1C(=O)c1ccc(N)cc1Cl. The lowest BCUT2D eigenvalue weighted by Crippen LogP contribution is -2.52. The lowest BCUT2D eigenvalue weighted by Gasteiger charge is -2.37. The maximum Gasteiger partial charge on any atom is 0.255 e.